The molecule has 0 radical (unpaired) electrons. The van der Waals surface area contributed by atoms with Crippen LogP contribution in [0.2, 0.25) is 0 Å². The van der Waals surface area contributed by atoms with Gasteiger partial charge in [0.1, 0.15) is 5.82 Å². The molecule has 96 valence electrons. The van der Waals surface area contributed by atoms with Gasteiger partial charge in [0.25, 0.3) is 0 Å². The summed E-state index contributed by atoms with van der Waals surface area (Å²) in [6.45, 7) is 2.04. The molecule has 1 saturated heterocycles. The fourth-order valence-electron chi connectivity index (χ4n) is 2.33. The second-order valence-electron chi connectivity index (χ2n) is 4.60. The number of piperidine rings is 1. The number of nitrogens with zero attached hydrogens (tertiary/aromatic N) is 4. The van der Waals surface area contributed by atoms with E-state index in [0.717, 1.165) is 25.3 Å². The molecule has 2 aromatic heterocycles. The van der Waals surface area contributed by atoms with Crippen molar-refractivity contribution in [3.63, 3.8) is 0 Å². The monoisotopic (exact) mass is 248 g/mol. The molecule has 2 N–H and O–H groups in total. The minimum atomic E-state index is -0.304. The highest BCUT2D eigenvalue weighted by Gasteiger charge is 2.19. The molecule has 1 aliphatic rings. The van der Waals surface area contributed by atoms with E-state index >= 15 is 0 Å². The molecule has 7 heteroatoms. The predicted octanol–water partition coefficient (Wildman–Crippen LogP) is -0.394. The molecule has 18 heavy (non-hydrogen) atoms. The van der Waals surface area contributed by atoms with Gasteiger partial charge in [-0.1, -0.05) is 0 Å². The van der Waals surface area contributed by atoms with Gasteiger partial charge in [-0.3, -0.25) is 0 Å². The molecule has 1 aliphatic heterocycles. The number of anilines is 1. The normalized spacial score (nSPS) is 20.2. The fraction of sp³-hybridized carbons (Fsp3) is 0.545. The predicted molar refractivity (Wildman–Crippen MR) is 67.9 cm³/mol. The lowest BCUT2D eigenvalue weighted by Gasteiger charge is -2.32. The van der Waals surface area contributed by atoms with Crippen molar-refractivity contribution in [1.29, 1.82) is 0 Å². The molecule has 0 amide bonds. The van der Waals surface area contributed by atoms with E-state index < -0.39 is 0 Å². The standard InChI is InChI=1S/C11H16N6O/c1-16(8-3-2-6-12-7-8)10-5-4-9-13-14-11(18)17(9)15-10/h4-5,8,12H,2-3,6-7H2,1H3,(H,14,18). The van der Waals surface area contributed by atoms with Crippen molar-refractivity contribution in [3.05, 3.63) is 22.6 Å². The number of likely N-dealkylation sites (N-methyl/N-ethyl adjacent to an activating group) is 1. The average Bonchev–Trinajstić information content (AvgIpc) is 2.80. The summed E-state index contributed by atoms with van der Waals surface area (Å²) in [6, 6.07) is 4.11. The number of fused-ring (bicyclic) bond motifs is 1. The van der Waals surface area contributed by atoms with Gasteiger partial charge in [-0.05, 0) is 31.5 Å². The highest BCUT2D eigenvalue weighted by atomic mass is 16.2. The fourth-order valence-corrected chi connectivity index (χ4v) is 2.33. The highest BCUT2D eigenvalue weighted by molar-refractivity contribution is 5.45. The van der Waals surface area contributed by atoms with Crippen LogP contribution in [0.5, 0.6) is 0 Å². The topological polar surface area (TPSA) is 78.3 Å². The van der Waals surface area contributed by atoms with E-state index in [1.807, 2.05) is 13.1 Å². The van der Waals surface area contributed by atoms with Crippen LogP contribution in [-0.2, 0) is 0 Å². The van der Waals surface area contributed by atoms with Crippen molar-refractivity contribution in [2.75, 3.05) is 25.0 Å². The summed E-state index contributed by atoms with van der Waals surface area (Å²) in [4.78, 5) is 13.6. The third-order valence-corrected chi connectivity index (χ3v) is 3.44. The van der Waals surface area contributed by atoms with Crippen LogP contribution in [0.1, 0.15) is 12.8 Å². The third kappa shape index (κ3) is 1.86. The lowest BCUT2D eigenvalue weighted by atomic mass is 10.1. The Hall–Kier alpha value is -1.89. The molecule has 0 saturated carbocycles. The Balaban J connectivity index is 1.92. The number of rotatable bonds is 2. The lowest BCUT2D eigenvalue weighted by Crippen LogP contribution is -2.44. The third-order valence-electron chi connectivity index (χ3n) is 3.44. The van der Waals surface area contributed by atoms with Crippen LogP contribution in [0.3, 0.4) is 0 Å². The van der Waals surface area contributed by atoms with Crippen molar-refractivity contribution < 1.29 is 0 Å². The van der Waals surface area contributed by atoms with E-state index in [1.165, 1.54) is 10.9 Å². The maximum absolute atomic E-state index is 11.5. The first-order chi connectivity index (χ1) is 8.75. The molecule has 2 aromatic rings. The van der Waals surface area contributed by atoms with Crippen LogP contribution >= 0.6 is 0 Å². The van der Waals surface area contributed by atoms with Crippen molar-refractivity contribution >= 4 is 11.5 Å². The van der Waals surface area contributed by atoms with E-state index in [4.69, 9.17) is 0 Å². The summed E-state index contributed by atoms with van der Waals surface area (Å²) in [5, 5.41) is 13.9. The first kappa shape index (κ1) is 11.2. The van der Waals surface area contributed by atoms with Crippen LogP contribution in [-0.4, -0.2) is 46.0 Å². The first-order valence-electron chi connectivity index (χ1n) is 6.14. The molecule has 0 bridgehead atoms. The number of aromatic nitrogens is 4. The van der Waals surface area contributed by atoms with Crippen molar-refractivity contribution in [2.45, 2.75) is 18.9 Å². The molecular weight excluding hydrogens is 232 g/mol. The zero-order valence-corrected chi connectivity index (χ0v) is 10.3. The summed E-state index contributed by atoms with van der Waals surface area (Å²) < 4.78 is 1.29. The van der Waals surface area contributed by atoms with E-state index in [9.17, 15) is 4.79 Å². The molecule has 0 aromatic carbocycles. The van der Waals surface area contributed by atoms with Gasteiger partial charge in [-0.2, -0.15) is 9.61 Å². The molecule has 0 aliphatic carbocycles. The lowest BCUT2D eigenvalue weighted by molar-refractivity contribution is 0.442. The highest BCUT2D eigenvalue weighted by Crippen LogP contribution is 2.16. The summed E-state index contributed by atoms with van der Waals surface area (Å²) in [6.07, 6.45) is 2.31. The number of nitrogens with one attached hydrogen (secondary N) is 2. The second-order valence-corrected chi connectivity index (χ2v) is 4.60. The molecule has 1 atom stereocenters. The van der Waals surface area contributed by atoms with Crippen LogP contribution in [0.15, 0.2) is 16.9 Å². The molecule has 0 spiro atoms. The van der Waals surface area contributed by atoms with Crippen LogP contribution in [0, 0.1) is 0 Å². The average molecular weight is 248 g/mol. The minimum absolute atomic E-state index is 0.304. The zero-order chi connectivity index (χ0) is 12.5. The van der Waals surface area contributed by atoms with E-state index in [1.54, 1.807) is 6.07 Å². The number of H-pyrrole nitrogens is 1. The maximum atomic E-state index is 11.5. The van der Waals surface area contributed by atoms with Gasteiger partial charge >= 0.3 is 5.69 Å². The minimum Gasteiger partial charge on any atom is -0.354 e. The van der Waals surface area contributed by atoms with Gasteiger partial charge in [0.15, 0.2) is 5.65 Å². The maximum Gasteiger partial charge on any atom is 0.364 e. The SMILES string of the molecule is CN(c1ccc2n[nH]c(=O)n2n1)C1CCCNC1. The van der Waals surface area contributed by atoms with Gasteiger partial charge in [0.05, 0.1) is 0 Å². The second kappa shape index (κ2) is 4.41. The molecule has 3 heterocycles. The smallest absolute Gasteiger partial charge is 0.354 e. The summed E-state index contributed by atoms with van der Waals surface area (Å²) in [5.41, 5.74) is 0.237. The molecule has 7 nitrogen and oxygen atoms in total. The van der Waals surface area contributed by atoms with E-state index in [2.05, 4.69) is 25.5 Å². The molecule has 1 fully saturated rings. The van der Waals surface area contributed by atoms with E-state index in [0.29, 0.717) is 11.7 Å². The molecule has 1 unspecified atom stereocenters. The Morgan fingerprint density at radius 2 is 2.39 bits per heavy atom. The molecular formula is C11H16N6O. The Morgan fingerprint density at radius 3 is 3.17 bits per heavy atom. The van der Waals surface area contributed by atoms with Crippen LogP contribution in [0.25, 0.3) is 5.65 Å². The Morgan fingerprint density at radius 1 is 1.50 bits per heavy atom. The van der Waals surface area contributed by atoms with Gasteiger partial charge in [-0.15, -0.1) is 5.10 Å². The Kier molecular flexibility index (Phi) is 2.75. The summed E-state index contributed by atoms with van der Waals surface area (Å²) in [7, 11) is 2.01. The number of aromatic amines is 1. The largest absolute Gasteiger partial charge is 0.364 e. The number of hydrogen-bond donors (Lipinski definition) is 2. The summed E-state index contributed by atoms with van der Waals surface area (Å²) in [5.74, 6) is 0.791. The van der Waals surface area contributed by atoms with Gasteiger partial charge in [-0.25, -0.2) is 9.89 Å². The quantitative estimate of drug-likeness (QED) is 0.756. The van der Waals surface area contributed by atoms with Crippen molar-refractivity contribution in [1.82, 2.24) is 25.1 Å². The van der Waals surface area contributed by atoms with Gasteiger partial charge in [0.2, 0.25) is 0 Å². The van der Waals surface area contributed by atoms with E-state index in [-0.39, 0.29) is 5.69 Å². The van der Waals surface area contributed by atoms with Crippen molar-refractivity contribution in [2.24, 2.45) is 0 Å². The Labute approximate surface area is 104 Å². The van der Waals surface area contributed by atoms with Crippen LogP contribution < -0.4 is 15.9 Å². The Bertz CT molecular complexity index is 597. The first-order valence-corrected chi connectivity index (χ1v) is 6.14. The van der Waals surface area contributed by atoms with Crippen molar-refractivity contribution in [3.8, 4) is 0 Å². The number of hydrogen-bond acceptors (Lipinski definition) is 5. The van der Waals surface area contributed by atoms with Gasteiger partial charge in [0, 0.05) is 19.6 Å². The summed E-state index contributed by atoms with van der Waals surface area (Å²) >= 11 is 0. The molecule has 3 rings (SSSR count). The van der Waals surface area contributed by atoms with Crippen LogP contribution in [0.4, 0.5) is 5.82 Å². The van der Waals surface area contributed by atoms with Gasteiger partial charge < -0.3 is 10.2 Å². The zero-order valence-electron chi connectivity index (χ0n) is 10.3.